The lowest BCUT2D eigenvalue weighted by Crippen LogP contribution is -2.18. The minimum Gasteiger partial charge on any atom is -0.448 e. The highest BCUT2D eigenvalue weighted by atomic mass is 16.3. The van der Waals surface area contributed by atoms with E-state index in [4.69, 9.17) is 4.42 Å². The van der Waals surface area contributed by atoms with E-state index in [1.165, 1.54) is 6.39 Å². The quantitative estimate of drug-likeness (QED) is 0.667. The maximum Gasteiger partial charge on any atom is 0.180 e. The van der Waals surface area contributed by atoms with Crippen LogP contribution in [0.15, 0.2) is 17.0 Å². The zero-order valence-electron chi connectivity index (χ0n) is 7.42. The molecule has 1 aromatic heterocycles. The molecule has 0 saturated carbocycles. The molecule has 1 heterocycles. The molecule has 0 fully saturated rings. The van der Waals surface area contributed by atoms with E-state index in [2.05, 4.69) is 25.8 Å². The Bertz CT molecular complexity index is 199. The third-order valence-corrected chi connectivity index (χ3v) is 2.59. The molecule has 0 unspecified atom stereocenters. The van der Waals surface area contributed by atoms with E-state index < -0.39 is 0 Å². The van der Waals surface area contributed by atoms with Gasteiger partial charge in [-0.25, -0.2) is 4.98 Å². The summed E-state index contributed by atoms with van der Waals surface area (Å²) < 4.78 is 5.27. The average molecular weight is 153 g/mol. The van der Waals surface area contributed by atoms with Gasteiger partial charge < -0.3 is 4.42 Å². The second kappa shape index (κ2) is 3.07. The number of nitrogens with zero attached hydrogens (tertiary/aromatic N) is 1. The van der Waals surface area contributed by atoms with Gasteiger partial charge >= 0.3 is 0 Å². The van der Waals surface area contributed by atoms with Gasteiger partial charge in [-0.05, 0) is 12.8 Å². The second-order valence-corrected chi connectivity index (χ2v) is 3.13. The Morgan fingerprint density at radius 1 is 1.45 bits per heavy atom. The monoisotopic (exact) mass is 153 g/mol. The third-order valence-electron chi connectivity index (χ3n) is 2.59. The lowest BCUT2D eigenvalue weighted by molar-refractivity contribution is 0.339. The van der Waals surface area contributed by atoms with Gasteiger partial charge in [0.15, 0.2) is 6.39 Å². The van der Waals surface area contributed by atoms with Crippen LogP contribution in [0.5, 0.6) is 0 Å². The van der Waals surface area contributed by atoms with E-state index in [0.717, 1.165) is 18.6 Å². The van der Waals surface area contributed by atoms with Crippen LogP contribution in [0.4, 0.5) is 0 Å². The summed E-state index contributed by atoms with van der Waals surface area (Å²) in [5, 5.41) is 0. The van der Waals surface area contributed by atoms with Crippen molar-refractivity contribution >= 4 is 0 Å². The fourth-order valence-electron chi connectivity index (χ4n) is 1.11. The summed E-state index contributed by atoms with van der Waals surface area (Å²) in [5.41, 5.74) is 0.177. The van der Waals surface area contributed by atoms with Gasteiger partial charge in [0.2, 0.25) is 0 Å². The first-order chi connectivity index (χ1) is 5.23. The third kappa shape index (κ3) is 1.44. The molecule has 2 nitrogen and oxygen atoms in total. The predicted octanol–water partition coefficient (Wildman–Crippen LogP) is 2.75. The zero-order chi connectivity index (χ0) is 8.32. The normalized spacial score (nSPS) is 11.9. The highest BCUT2D eigenvalue weighted by molar-refractivity contribution is 5.06. The predicted molar refractivity (Wildman–Crippen MR) is 44.4 cm³/mol. The van der Waals surface area contributed by atoms with E-state index in [9.17, 15) is 0 Å². The first-order valence-electron chi connectivity index (χ1n) is 4.12. The van der Waals surface area contributed by atoms with Crippen LogP contribution in [0.25, 0.3) is 0 Å². The molecule has 0 spiro atoms. The standard InChI is InChI=1S/C9H15NO/c1-4-9(3,5-2)8-6-10-7-11-8/h6-7H,4-5H2,1-3H3. The van der Waals surface area contributed by atoms with Crippen LogP contribution in [0.2, 0.25) is 0 Å². The van der Waals surface area contributed by atoms with Crippen molar-refractivity contribution in [2.75, 3.05) is 0 Å². The van der Waals surface area contributed by atoms with Gasteiger partial charge in [-0.15, -0.1) is 0 Å². The lowest BCUT2D eigenvalue weighted by atomic mass is 9.83. The molecule has 1 aromatic rings. The van der Waals surface area contributed by atoms with Crippen LogP contribution in [-0.4, -0.2) is 4.98 Å². The first kappa shape index (κ1) is 8.31. The molecule has 0 N–H and O–H groups in total. The molecule has 0 aliphatic heterocycles. The fourth-order valence-corrected chi connectivity index (χ4v) is 1.11. The number of hydrogen-bond donors (Lipinski definition) is 0. The summed E-state index contributed by atoms with van der Waals surface area (Å²) >= 11 is 0. The maximum absolute atomic E-state index is 5.27. The lowest BCUT2D eigenvalue weighted by Gasteiger charge is -2.22. The number of oxazole rings is 1. The molecule has 0 aromatic carbocycles. The highest BCUT2D eigenvalue weighted by Gasteiger charge is 2.25. The number of hydrogen-bond acceptors (Lipinski definition) is 2. The van der Waals surface area contributed by atoms with Crippen LogP contribution in [-0.2, 0) is 5.41 Å². The van der Waals surface area contributed by atoms with Crippen molar-refractivity contribution in [2.24, 2.45) is 0 Å². The second-order valence-electron chi connectivity index (χ2n) is 3.13. The Balaban J connectivity index is 2.87. The van der Waals surface area contributed by atoms with Gasteiger partial charge in [-0.3, -0.25) is 0 Å². The van der Waals surface area contributed by atoms with Crippen molar-refractivity contribution in [1.82, 2.24) is 4.98 Å². The topological polar surface area (TPSA) is 26.0 Å². The van der Waals surface area contributed by atoms with E-state index >= 15 is 0 Å². The molecule has 0 bridgehead atoms. The van der Waals surface area contributed by atoms with Gasteiger partial charge in [-0.2, -0.15) is 0 Å². The summed E-state index contributed by atoms with van der Waals surface area (Å²) in [6.07, 6.45) is 5.50. The van der Waals surface area contributed by atoms with Crippen molar-refractivity contribution in [1.29, 1.82) is 0 Å². The number of aromatic nitrogens is 1. The Kier molecular flexibility index (Phi) is 2.32. The summed E-state index contributed by atoms with van der Waals surface area (Å²) in [7, 11) is 0. The molecule has 0 aliphatic carbocycles. The van der Waals surface area contributed by atoms with Gasteiger partial charge in [-0.1, -0.05) is 20.8 Å². The Hall–Kier alpha value is -0.790. The summed E-state index contributed by atoms with van der Waals surface area (Å²) in [6.45, 7) is 6.55. The molecule has 2 heteroatoms. The molecule has 62 valence electrons. The first-order valence-corrected chi connectivity index (χ1v) is 4.12. The number of rotatable bonds is 3. The molecule has 11 heavy (non-hydrogen) atoms. The molecule has 0 amide bonds. The van der Waals surface area contributed by atoms with Gasteiger partial charge in [0.05, 0.1) is 6.20 Å². The molecule has 0 radical (unpaired) electrons. The van der Waals surface area contributed by atoms with Crippen LogP contribution >= 0.6 is 0 Å². The van der Waals surface area contributed by atoms with Crippen LogP contribution in [0.3, 0.4) is 0 Å². The molecular formula is C9H15NO. The molecule has 0 saturated heterocycles. The Morgan fingerprint density at radius 2 is 2.09 bits per heavy atom. The highest BCUT2D eigenvalue weighted by Crippen LogP contribution is 2.30. The van der Waals surface area contributed by atoms with Crippen molar-refractivity contribution in [3.05, 3.63) is 18.4 Å². The summed E-state index contributed by atoms with van der Waals surface area (Å²) in [6, 6.07) is 0. The minimum atomic E-state index is 0.177. The smallest absolute Gasteiger partial charge is 0.180 e. The summed E-state index contributed by atoms with van der Waals surface area (Å²) in [4.78, 5) is 3.92. The van der Waals surface area contributed by atoms with Crippen molar-refractivity contribution < 1.29 is 4.42 Å². The van der Waals surface area contributed by atoms with Crippen molar-refractivity contribution in [2.45, 2.75) is 39.0 Å². The fraction of sp³-hybridized carbons (Fsp3) is 0.667. The molecule has 0 atom stereocenters. The molecule has 0 aliphatic rings. The zero-order valence-corrected chi connectivity index (χ0v) is 7.42. The maximum atomic E-state index is 5.27. The summed E-state index contributed by atoms with van der Waals surface area (Å²) in [5.74, 6) is 1.00. The van der Waals surface area contributed by atoms with E-state index in [0.29, 0.717) is 0 Å². The van der Waals surface area contributed by atoms with E-state index in [1.54, 1.807) is 0 Å². The average Bonchev–Trinajstić information content (AvgIpc) is 2.55. The Labute approximate surface area is 67.6 Å². The van der Waals surface area contributed by atoms with Gasteiger partial charge in [0.25, 0.3) is 0 Å². The SMILES string of the molecule is CCC(C)(CC)c1cnco1. The van der Waals surface area contributed by atoms with Crippen LogP contribution in [0, 0.1) is 0 Å². The van der Waals surface area contributed by atoms with E-state index in [1.807, 2.05) is 6.20 Å². The van der Waals surface area contributed by atoms with Crippen molar-refractivity contribution in [3.8, 4) is 0 Å². The van der Waals surface area contributed by atoms with Crippen LogP contribution < -0.4 is 0 Å². The largest absolute Gasteiger partial charge is 0.448 e. The molecular weight excluding hydrogens is 138 g/mol. The van der Waals surface area contributed by atoms with Gasteiger partial charge in [0.1, 0.15) is 5.76 Å². The Morgan fingerprint density at radius 3 is 2.45 bits per heavy atom. The van der Waals surface area contributed by atoms with E-state index in [-0.39, 0.29) is 5.41 Å². The van der Waals surface area contributed by atoms with Crippen LogP contribution in [0.1, 0.15) is 39.4 Å². The van der Waals surface area contributed by atoms with Gasteiger partial charge in [0, 0.05) is 5.41 Å². The molecule has 1 rings (SSSR count). The minimum absolute atomic E-state index is 0.177. The van der Waals surface area contributed by atoms with Crippen molar-refractivity contribution in [3.63, 3.8) is 0 Å².